The molecule has 6 nitrogen and oxygen atoms in total. The molecule has 1 saturated heterocycles. The van der Waals surface area contributed by atoms with Gasteiger partial charge in [0.15, 0.2) is 0 Å². The molecule has 0 spiro atoms. The number of halogens is 2. The fourth-order valence-corrected chi connectivity index (χ4v) is 7.84. The largest absolute Gasteiger partial charge is 0.379 e. The Morgan fingerprint density at radius 2 is 1.37 bits per heavy atom. The number of benzene rings is 2. The van der Waals surface area contributed by atoms with Crippen molar-refractivity contribution in [3.05, 3.63) is 54.6 Å². The van der Waals surface area contributed by atoms with Gasteiger partial charge < -0.3 is 4.18 Å². The van der Waals surface area contributed by atoms with Gasteiger partial charge in [-0.1, -0.05) is 50.1 Å². The zero-order valence-electron chi connectivity index (χ0n) is 15.5. The molecule has 2 aromatic carbocycles. The lowest BCUT2D eigenvalue weighted by atomic mass is 9.81. The Bertz CT molecular complexity index is 1090. The van der Waals surface area contributed by atoms with Gasteiger partial charge in [-0.25, -0.2) is 0 Å². The van der Waals surface area contributed by atoms with Gasteiger partial charge in [0.1, 0.15) is 10.6 Å². The van der Waals surface area contributed by atoms with Gasteiger partial charge in [0.2, 0.25) is 11.8 Å². The van der Waals surface area contributed by atoms with Crippen molar-refractivity contribution in [1.29, 1.82) is 0 Å². The molecule has 2 aliphatic carbocycles. The maximum atomic E-state index is 13.1. The lowest BCUT2D eigenvalue weighted by molar-refractivity contribution is -0.123. The number of rotatable bonds is 4. The Hall–Kier alpha value is -1.71. The zero-order valence-corrected chi connectivity index (χ0v) is 19.5. The minimum Gasteiger partial charge on any atom is -0.379 e. The van der Waals surface area contributed by atoms with Gasteiger partial charge in [0, 0.05) is 9.65 Å². The number of amides is 2. The molecule has 6 atom stereocenters. The highest BCUT2D eigenvalue weighted by Gasteiger charge is 2.66. The van der Waals surface area contributed by atoms with Crippen molar-refractivity contribution in [2.45, 2.75) is 21.0 Å². The minimum absolute atomic E-state index is 0.0518. The number of imide groups is 1. The Labute approximate surface area is 191 Å². The molecule has 1 heterocycles. The smallest absolute Gasteiger partial charge is 0.339 e. The van der Waals surface area contributed by atoms with Crippen molar-refractivity contribution in [3.63, 3.8) is 0 Å². The first kappa shape index (κ1) is 20.2. The summed E-state index contributed by atoms with van der Waals surface area (Å²) in [6, 6.07) is 13.9. The summed E-state index contributed by atoms with van der Waals surface area (Å²) in [7, 11) is -3.96. The first-order valence-corrected chi connectivity index (χ1v) is 12.8. The maximum absolute atomic E-state index is 13.1. The third-order valence-electron chi connectivity index (χ3n) is 6.32. The number of alkyl halides is 2. The summed E-state index contributed by atoms with van der Waals surface area (Å²) < 4.78 is 29.9. The lowest BCUT2D eigenvalue weighted by Gasteiger charge is -2.28. The van der Waals surface area contributed by atoms with Crippen LogP contribution in [-0.2, 0) is 19.7 Å². The second-order valence-corrected chi connectivity index (χ2v) is 11.5. The number of hydrogen-bond donors (Lipinski definition) is 0. The van der Waals surface area contributed by atoms with Gasteiger partial charge in [-0.2, -0.15) is 8.42 Å². The first-order valence-electron chi connectivity index (χ1n) is 9.55. The van der Waals surface area contributed by atoms with Gasteiger partial charge >= 0.3 is 10.1 Å². The molecule has 9 heteroatoms. The molecule has 2 aromatic rings. The number of carbonyl (C=O) groups is 2. The van der Waals surface area contributed by atoms with Crippen molar-refractivity contribution < 1.29 is 22.2 Å². The standard InChI is InChI=1S/C21H17Br2NO5S/c22-18-14-10-15(19(18)23)17-16(14)20(25)24(21(17)26)11-6-8-12(9-7-11)29-30(27,28)13-4-2-1-3-5-13/h1-9,14-19H,10H2/t14-,15+,16-,17+,18-,19+. The molecule has 2 amide bonds. The van der Waals surface area contributed by atoms with E-state index in [9.17, 15) is 18.0 Å². The van der Waals surface area contributed by atoms with Gasteiger partial charge in [0.05, 0.1) is 17.5 Å². The summed E-state index contributed by atoms with van der Waals surface area (Å²) in [6.07, 6.45) is 0.872. The van der Waals surface area contributed by atoms with E-state index in [1.165, 1.54) is 29.2 Å². The van der Waals surface area contributed by atoms with E-state index in [0.717, 1.165) is 6.42 Å². The van der Waals surface area contributed by atoms with Crippen LogP contribution in [0.2, 0.25) is 0 Å². The normalized spacial score (nSPS) is 32.5. The Morgan fingerprint density at radius 1 is 0.833 bits per heavy atom. The molecular weight excluding hydrogens is 538 g/mol. The number of hydrogen-bond acceptors (Lipinski definition) is 5. The van der Waals surface area contributed by atoms with Crippen LogP contribution in [0, 0.1) is 23.7 Å². The SMILES string of the molecule is O=C1[C@@H]2[C@H]3C[C@H]([C@H](Br)[C@@H]3Br)[C@@H]2C(=O)N1c1ccc(OS(=O)(=O)c2ccccc2)cc1. The summed E-state index contributed by atoms with van der Waals surface area (Å²) in [4.78, 5) is 27.8. The summed E-state index contributed by atoms with van der Waals surface area (Å²) in [5.41, 5.74) is 0.431. The molecule has 3 fully saturated rings. The van der Waals surface area contributed by atoms with E-state index in [0.29, 0.717) is 5.69 Å². The van der Waals surface area contributed by atoms with E-state index in [-0.39, 0.29) is 55.8 Å². The highest BCUT2D eigenvalue weighted by molar-refractivity contribution is 9.12. The van der Waals surface area contributed by atoms with Gasteiger partial charge in [-0.3, -0.25) is 14.5 Å². The Balaban J connectivity index is 1.38. The van der Waals surface area contributed by atoms with Crippen LogP contribution in [0.25, 0.3) is 0 Å². The highest BCUT2D eigenvalue weighted by atomic mass is 79.9. The van der Waals surface area contributed by atoms with Crippen LogP contribution in [0.15, 0.2) is 59.5 Å². The summed E-state index contributed by atoms with van der Waals surface area (Å²) in [6.45, 7) is 0. The predicted molar refractivity (Wildman–Crippen MR) is 117 cm³/mol. The topological polar surface area (TPSA) is 80.8 Å². The number of carbonyl (C=O) groups excluding carboxylic acids is 2. The molecule has 2 saturated carbocycles. The van der Waals surface area contributed by atoms with E-state index < -0.39 is 10.1 Å². The minimum atomic E-state index is -3.96. The van der Waals surface area contributed by atoms with Crippen LogP contribution in [0.3, 0.4) is 0 Å². The predicted octanol–water partition coefficient (Wildman–Crippen LogP) is 3.74. The zero-order chi connectivity index (χ0) is 21.2. The first-order chi connectivity index (χ1) is 14.3. The Kier molecular flexibility index (Phi) is 4.83. The molecule has 0 N–H and O–H groups in total. The van der Waals surface area contributed by atoms with E-state index in [4.69, 9.17) is 4.18 Å². The molecule has 5 rings (SSSR count). The van der Waals surface area contributed by atoms with Crippen LogP contribution < -0.4 is 9.08 Å². The Morgan fingerprint density at radius 3 is 1.90 bits per heavy atom. The monoisotopic (exact) mass is 553 g/mol. The number of anilines is 1. The second-order valence-electron chi connectivity index (χ2n) is 7.86. The summed E-state index contributed by atoms with van der Waals surface area (Å²) >= 11 is 7.35. The fraction of sp³-hybridized carbons (Fsp3) is 0.333. The van der Waals surface area contributed by atoms with E-state index in [2.05, 4.69) is 31.9 Å². The highest BCUT2D eigenvalue weighted by Crippen LogP contribution is 2.60. The third-order valence-corrected chi connectivity index (χ3v) is 10.8. The van der Waals surface area contributed by atoms with Crippen molar-refractivity contribution in [1.82, 2.24) is 0 Å². The average molecular weight is 555 g/mol. The lowest BCUT2D eigenvalue weighted by Crippen LogP contribution is -2.37. The molecule has 0 aromatic heterocycles. The molecule has 3 aliphatic rings. The quantitative estimate of drug-likeness (QED) is 0.327. The van der Waals surface area contributed by atoms with Crippen LogP contribution >= 0.6 is 31.9 Å². The van der Waals surface area contributed by atoms with Crippen LogP contribution in [0.5, 0.6) is 5.75 Å². The summed E-state index contributed by atoms with van der Waals surface area (Å²) in [5.74, 6) is -0.541. The van der Waals surface area contributed by atoms with E-state index >= 15 is 0 Å². The molecule has 156 valence electrons. The fourth-order valence-electron chi connectivity index (χ4n) is 5.02. The number of nitrogens with zero attached hydrogens (tertiary/aromatic N) is 1. The molecule has 30 heavy (non-hydrogen) atoms. The van der Waals surface area contributed by atoms with Crippen LogP contribution in [0.4, 0.5) is 5.69 Å². The van der Waals surface area contributed by atoms with Gasteiger partial charge in [-0.15, -0.1) is 0 Å². The maximum Gasteiger partial charge on any atom is 0.339 e. The molecular formula is C21H17Br2NO5S. The third kappa shape index (κ3) is 2.97. The second kappa shape index (κ2) is 7.17. The molecule has 0 radical (unpaired) electrons. The van der Waals surface area contributed by atoms with E-state index in [1.54, 1.807) is 30.3 Å². The number of fused-ring (bicyclic) bond motifs is 5. The van der Waals surface area contributed by atoms with Crippen LogP contribution in [0.1, 0.15) is 6.42 Å². The van der Waals surface area contributed by atoms with Crippen molar-refractivity contribution >= 4 is 59.5 Å². The van der Waals surface area contributed by atoms with Gasteiger partial charge in [-0.05, 0) is 54.7 Å². The summed E-state index contributed by atoms with van der Waals surface area (Å²) in [5, 5.41) is 0. The molecule has 2 bridgehead atoms. The molecule has 0 unspecified atom stereocenters. The van der Waals surface area contributed by atoms with Crippen molar-refractivity contribution in [2.75, 3.05) is 4.90 Å². The van der Waals surface area contributed by atoms with Crippen molar-refractivity contribution in [2.24, 2.45) is 23.7 Å². The van der Waals surface area contributed by atoms with Gasteiger partial charge in [0.25, 0.3) is 0 Å². The van der Waals surface area contributed by atoms with Crippen molar-refractivity contribution in [3.8, 4) is 5.75 Å². The van der Waals surface area contributed by atoms with E-state index in [1.807, 2.05) is 0 Å². The average Bonchev–Trinajstić information content (AvgIpc) is 3.34. The van der Waals surface area contributed by atoms with Crippen LogP contribution in [-0.4, -0.2) is 29.9 Å². The molecule has 1 aliphatic heterocycles.